The van der Waals surface area contributed by atoms with E-state index in [1.165, 1.54) is 0 Å². The predicted octanol–water partition coefficient (Wildman–Crippen LogP) is 2.48. The number of sulfonamides is 1. The van der Waals surface area contributed by atoms with Crippen molar-refractivity contribution in [1.82, 2.24) is 5.32 Å². The highest BCUT2D eigenvalue weighted by atomic mass is 32.2. The van der Waals surface area contributed by atoms with Gasteiger partial charge in [-0.15, -0.1) is 0 Å². The number of benzene rings is 2. The second kappa shape index (κ2) is 8.13. The fraction of sp³-hybridized carbons (Fsp3) is 0.278. The van der Waals surface area contributed by atoms with Crippen LogP contribution in [-0.2, 0) is 14.8 Å². The number of ether oxygens (including phenoxy) is 1. The zero-order valence-electron chi connectivity index (χ0n) is 14.5. The summed E-state index contributed by atoms with van der Waals surface area (Å²) in [5.74, 6) is -0.229. The number of hydrogen-bond acceptors (Lipinski definition) is 4. The zero-order valence-corrected chi connectivity index (χ0v) is 15.3. The van der Waals surface area contributed by atoms with E-state index in [1.807, 2.05) is 6.92 Å². The normalized spacial score (nSPS) is 11.2. The Hall–Kier alpha value is -2.38. The van der Waals surface area contributed by atoms with Crippen LogP contribution in [0.1, 0.15) is 21.5 Å². The fourth-order valence-corrected chi connectivity index (χ4v) is 3.34. The van der Waals surface area contributed by atoms with Gasteiger partial charge in [-0.05, 0) is 49.7 Å². The van der Waals surface area contributed by atoms with Gasteiger partial charge in [0.25, 0.3) is 15.9 Å². The third-order valence-electron chi connectivity index (χ3n) is 3.66. The number of carbonyl (C=O) groups is 1. The van der Waals surface area contributed by atoms with Crippen LogP contribution in [0.3, 0.4) is 0 Å². The number of amides is 1. The van der Waals surface area contributed by atoms with Gasteiger partial charge in [0, 0.05) is 19.2 Å². The first kappa shape index (κ1) is 19.0. The van der Waals surface area contributed by atoms with Gasteiger partial charge in [0.15, 0.2) is 0 Å². The molecule has 0 bridgehead atoms. The van der Waals surface area contributed by atoms with Crippen molar-refractivity contribution in [2.75, 3.05) is 25.0 Å². The highest BCUT2D eigenvalue weighted by molar-refractivity contribution is 7.92. The van der Waals surface area contributed by atoms with Gasteiger partial charge in [0.1, 0.15) is 0 Å². The van der Waals surface area contributed by atoms with E-state index in [2.05, 4.69) is 10.0 Å². The average Bonchev–Trinajstić information content (AvgIpc) is 2.57. The lowest BCUT2D eigenvalue weighted by Gasteiger charge is -2.12. The fourth-order valence-electron chi connectivity index (χ4n) is 2.21. The Labute approximate surface area is 148 Å². The largest absolute Gasteiger partial charge is 0.383 e. The molecule has 0 aromatic heterocycles. The Morgan fingerprint density at radius 3 is 2.36 bits per heavy atom. The molecule has 0 aliphatic rings. The monoisotopic (exact) mass is 362 g/mol. The summed E-state index contributed by atoms with van der Waals surface area (Å²) in [4.78, 5) is 12.2. The van der Waals surface area contributed by atoms with Crippen LogP contribution in [-0.4, -0.2) is 34.6 Å². The molecule has 0 aliphatic carbocycles. The molecule has 25 heavy (non-hydrogen) atoms. The summed E-state index contributed by atoms with van der Waals surface area (Å²) in [5.41, 5.74) is 2.55. The summed E-state index contributed by atoms with van der Waals surface area (Å²) < 4.78 is 32.4. The molecular weight excluding hydrogens is 340 g/mol. The maximum atomic E-state index is 12.5. The Morgan fingerprint density at radius 2 is 1.76 bits per heavy atom. The van der Waals surface area contributed by atoms with Crippen LogP contribution in [0.15, 0.2) is 47.4 Å². The van der Waals surface area contributed by atoms with Crippen LogP contribution in [0.5, 0.6) is 0 Å². The SMILES string of the molecule is COCCNC(=O)c1ccc(NS(=O)(=O)c2ccc(C)cc2)c(C)c1. The predicted molar refractivity (Wildman–Crippen MR) is 97.4 cm³/mol. The molecule has 0 aliphatic heterocycles. The van der Waals surface area contributed by atoms with Gasteiger partial charge in [-0.25, -0.2) is 8.42 Å². The van der Waals surface area contributed by atoms with Gasteiger partial charge in [-0.2, -0.15) is 0 Å². The number of nitrogens with one attached hydrogen (secondary N) is 2. The van der Waals surface area contributed by atoms with E-state index < -0.39 is 10.0 Å². The van der Waals surface area contributed by atoms with Crippen molar-refractivity contribution >= 4 is 21.6 Å². The second-order valence-electron chi connectivity index (χ2n) is 5.70. The van der Waals surface area contributed by atoms with Crippen molar-refractivity contribution in [2.24, 2.45) is 0 Å². The number of methoxy groups -OCH3 is 1. The van der Waals surface area contributed by atoms with Crippen LogP contribution >= 0.6 is 0 Å². The van der Waals surface area contributed by atoms with Crippen LogP contribution in [0.25, 0.3) is 0 Å². The van der Waals surface area contributed by atoms with Crippen LogP contribution < -0.4 is 10.0 Å². The number of hydrogen-bond donors (Lipinski definition) is 2. The molecule has 7 heteroatoms. The minimum atomic E-state index is -3.67. The van der Waals surface area contributed by atoms with Crippen LogP contribution in [0.4, 0.5) is 5.69 Å². The lowest BCUT2D eigenvalue weighted by molar-refractivity contribution is 0.0937. The summed E-state index contributed by atoms with van der Waals surface area (Å²) in [6, 6.07) is 11.4. The number of aryl methyl sites for hydroxylation is 2. The summed E-state index contributed by atoms with van der Waals surface area (Å²) in [7, 11) is -2.11. The minimum Gasteiger partial charge on any atom is -0.383 e. The lowest BCUT2D eigenvalue weighted by atomic mass is 10.1. The third-order valence-corrected chi connectivity index (χ3v) is 5.04. The Kier molecular flexibility index (Phi) is 6.17. The van der Waals surface area contributed by atoms with Crippen LogP contribution in [0.2, 0.25) is 0 Å². The second-order valence-corrected chi connectivity index (χ2v) is 7.38. The summed E-state index contributed by atoms with van der Waals surface area (Å²) in [5, 5.41) is 2.72. The molecule has 0 radical (unpaired) electrons. The summed E-state index contributed by atoms with van der Waals surface area (Å²) in [6.07, 6.45) is 0. The van der Waals surface area contributed by atoms with E-state index in [0.29, 0.717) is 30.0 Å². The van der Waals surface area contributed by atoms with Gasteiger partial charge >= 0.3 is 0 Å². The maximum absolute atomic E-state index is 12.5. The quantitative estimate of drug-likeness (QED) is 0.741. The molecule has 2 N–H and O–H groups in total. The first-order valence-electron chi connectivity index (χ1n) is 7.81. The van der Waals surface area contributed by atoms with Crippen molar-refractivity contribution in [3.63, 3.8) is 0 Å². The molecule has 2 aromatic rings. The van der Waals surface area contributed by atoms with Crippen molar-refractivity contribution in [1.29, 1.82) is 0 Å². The van der Waals surface area contributed by atoms with Gasteiger partial charge in [0.2, 0.25) is 0 Å². The molecule has 0 saturated heterocycles. The van der Waals surface area contributed by atoms with Crippen molar-refractivity contribution in [3.05, 3.63) is 59.2 Å². The Balaban J connectivity index is 2.15. The standard InChI is InChI=1S/C18H22N2O4S/c1-13-4-7-16(8-5-13)25(22,23)20-17-9-6-15(12-14(17)2)18(21)19-10-11-24-3/h4-9,12,20H,10-11H2,1-3H3,(H,19,21). The van der Waals surface area contributed by atoms with Crippen molar-refractivity contribution in [2.45, 2.75) is 18.7 Å². The Bertz CT molecular complexity index is 846. The first-order valence-corrected chi connectivity index (χ1v) is 9.29. The van der Waals surface area contributed by atoms with Crippen molar-refractivity contribution in [3.8, 4) is 0 Å². The first-order chi connectivity index (χ1) is 11.8. The number of carbonyl (C=O) groups excluding carboxylic acids is 1. The molecular formula is C18H22N2O4S. The average molecular weight is 362 g/mol. The maximum Gasteiger partial charge on any atom is 0.261 e. The number of anilines is 1. The van der Waals surface area contributed by atoms with E-state index in [0.717, 1.165) is 5.56 Å². The highest BCUT2D eigenvalue weighted by Gasteiger charge is 2.16. The van der Waals surface area contributed by atoms with E-state index in [1.54, 1.807) is 56.5 Å². The summed E-state index contributed by atoms with van der Waals surface area (Å²) >= 11 is 0. The minimum absolute atomic E-state index is 0.193. The molecule has 134 valence electrons. The van der Waals surface area contributed by atoms with Gasteiger partial charge in [0.05, 0.1) is 17.2 Å². The van der Waals surface area contributed by atoms with Gasteiger partial charge in [-0.3, -0.25) is 9.52 Å². The molecule has 0 atom stereocenters. The molecule has 0 fully saturated rings. The van der Waals surface area contributed by atoms with Crippen LogP contribution in [0, 0.1) is 13.8 Å². The smallest absolute Gasteiger partial charge is 0.261 e. The van der Waals surface area contributed by atoms with E-state index >= 15 is 0 Å². The molecule has 0 saturated carbocycles. The molecule has 0 unspecified atom stereocenters. The molecule has 6 nitrogen and oxygen atoms in total. The van der Waals surface area contributed by atoms with E-state index in [4.69, 9.17) is 4.74 Å². The topological polar surface area (TPSA) is 84.5 Å². The van der Waals surface area contributed by atoms with Gasteiger partial charge < -0.3 is 10.1 Å². The molecule has 1 amide bonds. The molecule has 2 aromatic carbocycles. The van der Waals surface area contributed by atoms with Gasteiger partial charge in [-0.1, -0.05) is 17.7 Å². The molecule has 2 rings (SSSR count). The summed E-state index contributed by atoms with van der Waals surface area (Å²) in [6.45, 7) is 4.48. The lowest BCUT2D eigenvalue weighted by Crippen LogP contribution is -2.27. The van der Waals surface area contributed by atoms with Crippen molar-refractivity contribution < 1.29 is 17.9 Å². The molecule has 0 spiro atoms. The third kappa shape index (κ3) is 5.04. The van der Waals surface area contributed by atoms with E-state index in [9.17, 15) is 13.2 Å². The highest BCUT2D eigenvalue weighted by Crippen LogP contribution is 2.21. The zero-order chi connectivity index (χ0) is 18.4. The van der Waals surface area contributed by atoms with E-state index in [-0.39, 0.29) is 10.8 Å². The molecule has 0 heterocycles. The number of rotatable bonds is 7. The Morgan fingerprint density at radius 1 is 1.08 bits per heavy atom.